The summed E-state index contributed by atoms with van der Waals surface area (Å²) in [7, 11) is 0. The second-order valence-electron chi connectivity index (χ2n) is 6.26. The number of pyridine rings is 2. The molecule has 0 saturated heterocycles. The van der Waals surface area contributed by atoms with Gasteiger partial charge in [0.1, 0.15) is 11.5 Å². The van der Waals surface area contributed by atoms with Crippen LogP contribution in [0.25, 0.3) is 16.7 Å². The fourth-order valence-corrected chi connectivity index (χ4v) is 2.98. The van der Waals surface area contributed by atoms with E-state index in [4.69, 9.17) is 5.73 Å². The molecule has 0 aliphatic carbocycles. The molecule has 0 spiro atoms. The summed E-state index contributed by atoms with van der Waals surface area (Å²) in [6, 6.07) is 16.0. The topological polar surface area (TPSA) is 69.1 Å². The van der Waals surface area contributed by atoms with E-state index in [-0.39, 0.29) is 0 Å². The molecule has 0 fully saturated rings. The Morgan fingerprint density at radius 2 is 1.92 bits per heavy atom. The van der Waals surface area contributed by atoms with E-state index < -0.39 is 0 Å². The summed E-state index contributed by atoms with van der Waals surface area (Å²) in [6.07, 6.45) is 5.57. The van der Waals surface area contributed by atoms with Crippen molar-refractivity contribution in [1.29, 1.82) is 0 Å². The summed E-state index contributed by atoms with van der Waals surface area (Å²) >= 11 is 0. The van der Waals surface area contributed by atoms with Gasteiger partial charge < -0.3 is 10.3 Å². The lowest BCUT2D eigenvalue weighted by molar-refractivity contribution is 1.07. The molecule has 0 bridgehead atoms. The van der Waals surface area contributed by atoms with Crippen LogP contribution in [0.2, 0.25) is 0 Å². The standard InChI is InChI=1S/C21H19N5/c1-14-12-17(20(22)25-18-7-5-15(2)24-13-18)6-8-19(14)26-11-9-16-4-3-10-23-21(16)26/h3-13H,1-2H3,(H2,22,25). The molecule has 4 aromatic rings. The molecule has 0 atom stereocenters. The monoisotopic (exact) mass is 341 g/mol. The molecule has 0 radical (unpaired) electrons. The van der Waals surface area contributed by atoms with Crippen molar-refractivity contribution in [2.75, 3.05) is 0 Å². The van der Waals surface area contributed by atoms with E-state index in [2.05, 4.69) is 44.7 Å². The predicted octanol–water partition coefficient (Wildman–Crippen LogP) is 4.07. The second kappa shape index (κ2) is 6.44. The first-order valence-electron chi connectivity index (χ1n) is 8.42. The van der Waals surface area contributed by atoms with Crippen LogP contribution < -0.4 is 5.73 Å². The van der Waals surface area contributed by atoms with Gasteiger partial charge in [-0.05, 0) is 67.9 Å². The predicted molar refractivity (Wildman–Crippen MR) is 105 cm³/mol. The summed E-state index contributed by atoms with van der Waals surface area (Å²) in [5.74, 6) is 0.473. The first-order chi connectivity index (χ1) is 12.6. The molecule has 26 heavy (non-hydrogen) atoms. The van der Waals surface area contributed by atoms with E-state index in [1.54, 1.807) is 6.20 Å². The maximum Gasteiger partial charge on any atom is 0.144 e. The van der Waals surface area contributed by atoms with E-state index in [9.17, 15) is 0 Å². The summed E-state index contributed by atoms with van der Waals surface area (Å²) in [5, 5.41) is 1.11. The average molecular weight is 341 g/mol. The molecular weight excluding hydrogens is 322 g/mol. The van der Waals surface area contributed by atoms with Gasteiger partial charge in [0.05, 0.1) is 11.9 Å². The molecule has 5 heteroatoms. The number of nitrogens with two attached hydrogens (primary N) is 1. The fraction of sp³-hybridized carbons (Fsp3) is 0.0952. The van der Waals surface area contributed by atoms with Gasteiger partial charge in [-0.2, -0.15) is 0 Å². The number of hydrogen-bond acceptors (Lipinski definition) is 3. The maximum atomic E-state index is 6.20. The van der Waals surface area contributed by atoms with Crippen molar-refractivity contribution in [2.45, 2.75) is 13.8 Å². The van der Waals surface area contributed by atoms with Crippen LogP contribution in [-0.4, -0.2) is 20.4 Å². The van der Waals surface area contributed by atoms with Gasteiger partial charge in [0.25, 0.3) is 0 Å². The Kier molecular flexibility index (Phi) is 3.97. The molecule has 0 amide bonds. The van der Waals surface area contributed by atoms with Crippen molar-refractivity contribution in [3.05, 3.63) is 83.9 Å². The normalized spacial score (nSPS) is 11.8. The SMILES string of the molecule is Cc1ccc(N=C(N)c2ccc(-n3ccc4cccnc43)c(C)c2)cn1. The third-order valence-electron chi connectivity index (χ3n) is 4.35. The highest BCUT2D eigenvalue weighted by Crippen LogP contribution is 2.22. The number of aryl methyl sites for hydroxylation is 2. The highest BCUT2D eigenvalue weighted by atomic mass is 15.0. The molecule has 0 aliphatic heterocycles. The Hall–Kier alpha value is -3.47. The van der Waals surface area contributed by atoms with Crippen LogP contribution in [0.5, 0.6) is 0 Å². The number of fused-ring (bicyclic) bond motifs is 1. The highest BCUT2D eigenvalue weighted by Gasteiger charge is 2.08. The number of amidine groups is 1. The Bertz CT molecular complexity index is 1110. The highest BCUT2D eigenvalue weighted by molar-refractivity contribution is 5.99. The zero-order chi connectivity index (χ0) is 18.1. The van der Waals surface area contributed by atoms with E-state index in [1.807, 2.05) is 49.6 Å². The number of hydrogen-bond donors (Lipinski definition) is 1. The average Bonchev–Trinajstić information content (AvgIpc) is 3.07. The first kappa shape index (κ1) is 16.0. The summed E-state index contributed by atoms with van der Waals surface area (Å²) in [5.41, 5.74) is 11.9. The Balaban J connectivity index is 1.71. The minimum atomic E-state index is 0.473. The molecule has 0 aliphatic rings. The van der Waals surface area contributed by atoms with Crippen LogP contribution in [-0.2, 0) is 0 Å². The minimum Gasteiger partial charge on any atom is -0.383 e. The number of nitrogens with zero attached hydrogens (tertiary/aromatic N) is 4. The van der Waals surface area contributed by atoms with Gasteiger partial charge >= 0.3 is 0 Å². The first-order valence-corrected chi connectivity index (χ1v) is 8.42. The summed E-state index contributed by atoms with van der Waals surface area (Å²) < 4.78 is 2.09. The van der Waals surface area contributed by atoms with Gasteiger partial charge in [-0.25, -0.2) is 9.98 Å². The number of aliphatic imine (C=N–C) groups is 1. The quantitative estimate of drug-likeness (QED) is 0.451. The third kappa shape index (κ3) is 2.95. The Labute approximate surface area is 151 Å². The van der Waals surface area contributed by atoms with E-state index in [0.717, 1.165) is 39.2 Å². The zero-order valence-corrected chi connectivity index (χ0v) is 14.7. The zero-order valence-electron chi connectivity index (χ0n) is 14.7. The van der Waals surface area contributed by atoms with Gasteiger partial charge in [-0.3, -0.25) is 4.98 Å². The van der Waals surface area contributed by atoms with Crippen molar-refractivity contribution in [1.82, 2.24) is 14.5 Å². The fourth-order valence-electron chi connectivity index (χ4n) is 2.98. The lowest BCUT2D eigenvalue weighted by Crippen LogP contribution is -2.13. The van der Waals surface area contributed by atoms with Crippen LogP contribution in [0, 0.1) is 13.8 Å². The largest absolute Gasteiger partial charge is 0.383 e. The van der Waals surface area contributed by atoms with Gasteiger partial charge in [0.2, 0.25) is 0 Å². The molecule has 1 aromatic carbocycles. The molecule has 128 valence electrons. The van der Waals surface area contributed by atoms with Crippen molar-refractivity contribution in [3.63, 3.8) is 0 Å². The molecule has 4 rings (SSSR count). The van der Waals surface area contributed by atoms with Gasteiger partial charge in [0, 0.05) is 34.7 Å². The molecule has 0 unspecified atom stereocenters. The summed E-state index contributed by atoms with van der Waals surface area (Å²) in [6.45, 7) is 4.01. The van der Waals surface area contributed by atoms with Gasteiger partial charge in [-0.15, -0.1) is 0 Å². The van der Waals surface area contributed by atoms with Crippen molar-refractivity contribution in [2.24, 2.45) is 10.7 Å². The molecule has 5 nitrogen and oxygen atoms in total. The summed E-state index contributed by atoms with van der Waals surface area (Å²) in [4.78, 5) is 13.2. The van der Waals surface area contributed by atoms with E-state index in [1.165, 1.54) is 0 Å². The maximum absolute atomic E-state index is 6.20. The minimum absolute atomic E-state index is 0.473. The smallest absolute Gasteiger partial charge is 0.144 e. The van der Waals surface area contributed by atoms with Gasteiger partial charge in [-0.1, -0.05) is 0 Å². The van der Waals surface area contributed by atoms with Crippen molar-refractivity contribution < 1.29 is 0 Å². The molecule has 3 heterocycles. The molecular formula is C21H19N5. The lowest BCUT2D eigenvalue weighted by atomic mass is 10.1. The number of aromatic nitrogens is 3. The van der Waals surface area contributed by atoms with Crippen LogP contribution in [0.15, 0.2) is 72.1 Å². The van der Waals surface area contributed by atoms with Crippen molar-refractivity contribution in [3.8, 4) is 5.69 Å². The molecule has 2 N–H and O–H groups in total. The van der Waals surface area contributed by atoms with Crippen molar-refractivity contribution >= 4 is 22.6 Å². The second-order valence-corrected chi connectivity index (χ2v) is 6.26. The third-order valence-corrected chi connectivity index (χ3v) is 4.35. The molecule has 3 aromatic heterocycles. The van der Waals surface area contributed by atoms with Crippen LogP contribution in [0.1, 0.15) is 16.8 Å². The Morgan fingerprint density at radius 3 is 2.69 bits per heavy atom. The van der Waals surface area contributed by atoms with Gasteiger partial charge in [0.15, 0.2) is 0 Å². The van der Waals surface area contributed by atoms with Crippen LogP contribution in [0.3, 0.4) is 0 Å². The number of benzene rings is 1. The van der Waals surface area contributed by atoms with Crippen LogP contribution in [0.4, 0.5) is 5.69 Å². The number of rotatable bonds is 3. The Morgan fingerprint density at radius 1 is 1.04 bits per heavy atom. The molecule has 0 saturated carbocycles. The van der Waals surface area contributed by atoms with Crippen LogP contribution >= 0.6 is 0 Å². The van der Waals surface area contributed by atoms with E-state index >= 15 is 0 Å². The van der Waals surface area contributed by atoms with E-state index in [0.29, 0.717) is 5.84 Å². The lowest BCUT2D eigenvalue weighted by Gasteiger charge is -2.11.